The first-order valence-corrected chi connectivity index (χ1v) is 7.03. The highest BCUT2D eigenvalue weighted by molar-refractivity contribution is 7.89. The van der Waals surface area contributed by atoms with Crippen LogP contribution in [-0.4, -0.2) is 38.7 Å². The van der Waals surface area contributed by atoms with Crippen LogP contribution in [0.3, 0.4) is 0 Å². The second kappa shape index (κ2) is 5.06. The molecule has 1 aromatic carbocycles. The zero-order chi connectivity index (χ0) is 14.0. The molecule has 2 N–H and O–H groups in total. The Balaban J connectivity index is 2.28. The fraction of sp³-hybridized carbons (Fsp3) is 0.364. The quantitative estimate of drug-likeness (QED) is 0.820. The van der Waals surface area contributed by atoms with Gasteiger partial charge in [0.1, 0.15) is 19.3 Å². The first kappa shape index (κ1) is 13.6. The third-order valence-corrected chi connectivity index (χ3v) is 4.06. The Hall–Kier alpha value is -1.80. The maximum atomic E-state index is 12.0. The third-order valence-electron chi connectivity index (χ3n) is 2.53. The fourth-order valence-electron chi connectivity index (χ4n) is 1.54. The maximum Gasteiger partial charge on any atom is 0.321 e. The topological polar surface area (TPSA) is 102 Å². The van der Waals surface area contributed by atoms with Crippen molar-refractivity contribution in [1.82, 2.24) is 4.72 Å². The van der Waals surface area contributed by atoms with Gasteiger partial charge in [-0.2, -0.15) is 4.72 Å². The predicted octanol–water partition coefficient (Wildman–Crippen LogP) is 0.209. The lowest BCUT2D eigenvalue weighted by Crippen LogP contribution is -2.38. The van der Waals surface area contributed by atoms with Crippen molar-refractivity contribution < 1.29 is 27.8 Å². The molecule has 0 saturated heterocycles. The van der Waals surface area contributed by atoms with E-state index in [1.54, 1.807) is 0 Å². The minimum absolute atomic E-state index is 0.0650. The number of ether oxygens (including phenoxy) is 2. The van der Waals surface area contributed by atoms with Gasteiger partial charge in [-0.15, -0.1) is 0 Å². The normalized spacial score (nSPS) is 15.8. The van der Waals surface area contributed by atoms with Crippen molar-refractivity contribution in [3.63, 3.8) is 0 Å². The second-order valence-corrected chi connectivity index (χ2v) is 5.70. The number of carboxylic acid groups (broad SMARTS) is 1. The van der Waals surface area contributed by atoms with E-state index in [1.165, 1.54) is 25.1 Å². The molecule has 0 aliphatic carbocycles. The molecule has 0 spiro atoms. The van der Waals surface area contributed by atoms with Crippen LogP contribution in [0.2, 0.25) is 0 Å². The van der Waals surface area contributed by atoms with Crippen molar-refractivity contribution in [3.8, 4) is 11.5 Å². The number of nitrogens with one attached hydrogen (secondary N) is 1. The number of benzene rings is 1. The molecule has 7 nitrogen and oxygen atoms in total. The summed E-state index contributed by atoms with van der Waals surface area (Å²) in [7, 11) is -3.90. The second-order valence-electron chi connectivity index (χ2n) is 3.99. The molecule has 0 unspecified atom stereocenters. The van der Waals surface area contributed by atoms with E-state index in [-0.39, 0.29) is 4.90 Å². The molecule has 104 valence electrons. The third kappa shape index (κ3) is 2.96. The van der Waals surface area contributed by atoms with Gasteiger partial charge in [-0.05, 0) is 19.1 Å². The minimum atomic E-state index is -3.90. The van der Waals surface area contributed by atoms with Crippen LogP contribution in [0.4, 0.5) is 0 Å². The number of carbonyl (C=O) groups is 1. The van der Waals surface area contributed by atoms with E-state index in [9.17, 15) is 13.2 Å². The molecule has 8 heteroatoms. The lowest BCUT2D eigenvalue weighted by Gasteiger charge is -2.19. The summed E-state index contributed by atoms with van der Waals surface area (Å²) >= 11 is 0. The highest BCUT2D eigenvalue weighted by atomic mass is 32.2. The first-order chi connectivity index (χ1) is 8.90. The molecule has 0 radical (unpaired) electrons. The van der Waals surface area contributed by atoms with Gasteiger partial charge in [0.25, 0.3) is 0 Å². The minimum Gasteiger partial charge on any atom is -0.486 e. The fourth-order valence-corrected chi connectivity index (χ4v) is 2.75. The summed E-state index contributed by atoms with van der Waals surface area (Å²) in [5.74, 6) is -0.449. The van der Waals surface area contributed by atoms with Gasteiger partial charge in [-0.1, -0.05) is 0 Å². The van der Waals surface area contributed by atoms with Crippen molar-refractivity contribution in [2.24, 2.45) is 0 Å². The molecule has 2 rings (SSSR count). The largest absolute Gasteiger partial charge is 0.486 e. The van der Waals surface area contributed by atoms with Crippen LogP contribution < -0.4 is 14.2 Å². The van der Waals surface area contributed by atoms with E-state index < -0.39 is 22.0 Å². The van der Waals surface area contributed by atoms with Crippen molar-refractivity contribution in [3.05, 3.63) is 18.2 Å². The molecule has 19 heavy (non-hydrogen) atoms. The molecule has 1 heterocycles. The SMILES string of the molecule is C[C@@H](NS(=O)(=O)c1ccc2c(c1)OCCO2)C(=O)O. The highest BCUT2D eigenvalue weighted by Gasteiger charge is 2.23. The molecule has 1 aliphatic heterocycles. The number of fused-ring (bicyclic) bond motifs is 1. The Labute approximate surface area is 110 Å². The molecular formula is C11H13NO6S. The number of hydrogen-bond donors (Lipinski definition) is 2. The zero-order valence-corrected chi connectivity index (χ0v) is 10.9. The van der Waals surface area contributed by atoms with E-state index in [4.69, 9.17) is 14.6 Å². The lowest BCUT2D eigenvalue weighted by molar-refractivity contribution is -0.138. The van der Waals surface area contributed by atoms with Crippen LogP contribution in [0.5, 0.6) is 11.5 Å². The number of hydrogen-bond acceptors (Lipinski definition) is 5. The smallest absolute Gasteiger partial charge is 0.321 e. The summed E-state index contributed by atoms with van der Waals surface area (Å²) in [6, 6.07) is 2.92. The van der Waals surface area contributed by atoms with Gasteiger partial charge in [0.15, 0.2) is 11.5 Å². The molecule has 0 bridgehead atoms. The number of aliphatic carboxylic acids is 1. The van der Waals surface area contributed by atoms with Crippen LogP contribution in [0.15, 0.2) is 23.1 Å². The molecule has 0 aromatic heterocycles. The number of carboxylic acids is 1. The van der Waals surface area contributed by atoms with Crippen molar-refractivity contribution >= 4 is 16.0 Å². The summed E-state index contributed by atoms with van der Waals surface area (Å²) in [4.78, 5) is 10.6. The molecule has 1 atom stereocenters. The number of rotatable bonds is 4. The average Bonchev–Trinajstić information content (AvgIpc) is 2.37. The van der Waals surface area contributed by atoms with E-state index in [1.807, 2.05) is 0 Å². The predicted molar refractivity (Wildman–Crippen MR) is 64.9 cm³/mol. The molecular weight excluding hydrogens is 274 g/mol. The summed E-state index contributed by atoms with van der Waals surface area (Å²) in [5, 5.41) is 8.71. The van der Waals surface area contributed by atoms with E-state index in [0.717, 1.165) is 0 Å². The van der Waals surface area contributed by atoms with E-state index >= 15 is 0 Å². The van der Waals surface area contributed by atoms with Crippen LogP contribution >= 0.6 is 0 Å². The molecule has 1 aromatic rings. The van der Waals surface area contributed by atoms with Gasteiger partial charge in [0.05, 0.1) is 4.90 Å². The standard InChI is InChI=1S/C11H13NO6S/c1-7(11(13)14)12-19(15,16)8-2-3-9-10(6-8)18-5-4-17-9/h2-3,6-7,12H,4-5H2,1H3,(H,13,14)/t7-/m1/s1. The Bertz CT molecular complexity index is 597. The Morgan fingerprint density at radius 1 is 1.32 bits per heavy atom. The van der Waals surface area contributed by atoms with Crippen LogP contribution in [-0.2, 0) is 14.8 Å². The zero-order valence-electron chi connectivity index (χ0n) is 10.1. The molecule has 0 fully saturated rings. The van der Waals surface area contributed by atoms with Crippen molar-refractivity contribution in [2.75, 3.05) is 13.2 Å². The van der Waals surface area contributed by atoms with Crippen LogP contribution in [0, 0.1) is 0 Å². The summed E-state index contributed by atoms with van der Waals surface area (Å²) in [6.07, 6.45) is 0. The van der Waals surface area contributed by atoms with Gasteiger partial charge in [-0.3, -0.25) is 4.79 Å². The summed E-state index contributed by atoms with van der Waals surface area (Å²) in [5.41, 5.74) is 0. The van der Waals surface area contributed by atoms with Gasteiger partial charge < -0.3 is 14.6 Å². The van der Waals surface area contributed by atoms with Crippen LogP contribution in [0.25, 0.3) is 0 Å². The van der Waals surface area contributed by atoms with Gasteiger partial charge >= 0.3 is 5.97 Å². The molecule has 0 saturated carbocycles. The lowest BCUT2D eigenvalue weighted by atomic mass is 10.3. The average molecular weight is 287 g/mol. The monoisotopic (exact) mass is 287 g/mol. The Morgan fingerprint density at radius 3 is 2.58 bits per heavy atom. The first-order valence-electron chi connectivity index (χ1n) is 5.55. The molecule has 1 aliphatic rings. The van der Waals surface area contributed by atoms with Crippen molar-refractivity contribution in [2.45, 2.75) is 17.9 Å². The Morgan fingerprint density at radius 2 is 1.95 bits per heavy atom. The van der Waals surface area contributed by atoms with Crippen molar-refractivity contribution in [1.29, 1.82) is 0 Å². The van der Waals surface area contributed by atoms with E-state index in [2.05, 4.69) is 4.72 Å². The maximum absolute atomic E-state index is 12.0. The molecule has 0 amide bonds. The van der Waals surface area contributed by atoms with Gasteiger partial charge in [-0.25, -0.2) is 8.42 Å². The van der Waals surface area contributed by atoms with Crippen LogP contribution in [0.1, 0.15) is 6.92 Å². The number of sulfonamides is 1. The Kier molecular flexibility index (Phi) is 3.63. The summed E-state index contributed by atoms with van der Waals surface area (Å²) in [6.45, 7) is 2.00. The highest BCUT2D eigenvalue weighted by Crippen LogP contribution is 2.32. The summed E-state index contributed by atoms with van der Waals surface area (Å²) < 4.78 is 36.5. The van der Waals surface area contributed by atoms with Gasteiger partial charge in [0.2, 0.25) is 10.0 Å². The van der Waals surface area contributed by atoms with Gasteiger partial charge in [0, 0.05) is 6.07 Å². The van der Waals surface area contributed by atoms with E-state index in [0.29, 0.717) is 24.7 Å².